The van der Waals surface area contributed by atoms with Crippen LogP contribution in [0, 0.1) is 5.92 Å². The van der Waals surface area contributed by atoms with Crippen LogP contribution >= 0.6 is 0 Å². The van der Waals surface area contributed by atoms with Gasteiger partial charge in [0, 0.05) is 18.7 Å². The van der Waals surface area contributed by atoms with E-state index in [1.807, 2.05) is 24.9 Å². The zero-order chi connectivity index (χ0) is 44.2. The first kappa shape index (κ1) is 42.5. The maximum atomic E-state index is 14.0. The third kappa shape index (κ3) is 8.94. The fraction of sp³-hybridized carbons (Fsp3) is 0.333. The lowest BCUT2D eigenvalue weighted by atomic mass is 9.98. The molecule has 4 aromatic carbocycles. The molecule has 63 heavy (non-hydrogen) atoms. The maximum Gasteiger partial charge on any atom is 0.407 e. The van der Waals surface area contributed by atoms with Crippen molar-refractivity contribution < 1.29 is 33.4 Å². The average molecular weight is 853 g/mol. The fourth-order valence-electron chi connectivity index (χ4n) is 8.67. The van der Waals surface area contributed by atoms with E-state index in [1.54, 1.807) is 42.5 Å². The highest BCUT2D eigenvalue weighted by Gasteiger charge is 2.39. The molecule has 0 radical (unpaired) electrons. The quantitative estimate of drug-likeness (QED) is 0.0945. The highest BCUT2D eigenvalue weighted by atomic mass is 16.5. The van der Waals surface area contributed by atoms with Crippen LogP contribution in [0.25, 0.3) is 44.4 Å². The van der Waals surface area contributed by atoms with E-state index in [4.69, 9.17) is 24.2 Å². The van der Waals surface area contributed by atoms with Gasteiger partial charge in [0.1, 0.15) is 29.5 Å². The standard InChI is InChI=1S/C48H52N8O7/c1-28(2)41(53-47(59)62-4)45(57)55-22-6-8-39(55)44-50-27-38(52-44)35-17-16-33-24-32(14-15-34(33)25-35)29-10-12-30(13-11-29)37-26-49-43(51-37)40-9-7-23-56(40)46(58)42(54-48(60)63-5)31-18-20-36(61-3)21-19-31/h10-21,24-28,39-42H,6-9,22-23H2,1-5H3,(H,49,51)(H,50,52)(H,53,59)(H,54,60)/t39-,40-,41?,42+/m0/s1. The molecule has 0 aliphatic carbocycles. The van der Waals surface area contributed by atoms with Crippen molar-refractivity contribution in [2.24, 2.45) is 5.92 Å². The number of likely N-dealkylation sites (tertiary alicyclic amines) is 2. The number of H-pyrrole nitrogens is 2. The van der Waals surface area contributed by atoms with Gasteiger partial charge in [-0.05, 0) is 88.9 Å². The Kier molecular flexibility index (Phi) is 12.4. The normalized spacial score (nSPS) is 17.1. The molecule has 4 N–H and O–H groups in total. The second kappa shape index (κ2) is 18.4. The molecule has 2 saturated heterocycles. The number of hydrogen-bond acceptors (Lipinski definition) is 9. The van der Waals surface area contributed by atoms with Crippen molar-refractivity contribution in [1.29, 1.82) is 0 Å². The monoisotopic (exact) mass is 852 g/mol. The summed E-state index contributed by atoms with van der Waals surface area (Å²) in [6, 6.07) is 25.9. The van der Waals surface area contributed by atoms with Gasteiger partial charge in [-0.15, -0.1) is 0 Å². The van der Waals surface area contributed by atoms with Crippen LogP contribution in [0.4, 0.5) is 9.59 Å². The second-order valence-electron chi connectivity index (χ2n) is 16.3. The summed E-state index contributed by atoms with van der Waals surface area (Å²) in [6.07, 6.45) is 5.44. The molecule has 15 nitrogen and oxygen atoms in total. The summed E-state index contributed by atoms with van der Waals surface area (Å²) in [5.41, 5.74) is 6.41. The summed E-state index contributed by atoms with van der Waals surface area (Å²) < 4.78 is 14.9. The van der Waals surface area contributed by atoms with Gasteiger partial charge in [-0.25, -0.2) is 19.6 Å². The Labute approximate surface area is 365 Å². The Morgan fingerprint density at radius 3 is 1.71 bits per heavy atom. The molecule has 2 aromatic heterocycles. The first-order valence-electron chi connectivity index (χ1n) is 21.2. The number of amides is 4. The number of hydrogen-bond donors (Lipinski definition) is 4. The molecule has 2 aliphatic rings. The third-order valence-corrected chi connectivity index (χ3v) is 12.1. The molecule has 4 amide bonds. The lowest BCUT2D eigenvalue weighted by molar-refractivity contribution is -0.135. The van der Waals surface area contributed by atoms with Gasteiger partial charge in [-0.1, -0.05) is 74.5 Å². The molecule has 8 rings (SSSR count). The first-order valence-corrected chi connectivity index (χ1v) is 21.2. The summed E-state index contributed by atoms with van der Waals surface area (Å²) in [5.74, 6) is 1.56. The number of rotatable bonds is 12. The molecule has 0 bridgehead atoms. The highest BCUT2D eigenvalue weighted by molar-refractivity contribution is 5.91. The van der Waals surface area contributed by atoms with Gasteiger partial charge in [0.15, 0.2) is 0 Å². The fourth-order valence-corrected chi connectivity index (χ4v) is 8.67. The number of ether oxygens (including phenoxy) is 3. The maximum absolute atomic E-state index is 14.0. The topological polar surface area (TPSA) is 184 Å². The van der Waals surface area contributed by atoms with Crippen LogP contribution < -0.4 is 15.4 Å². The average Bonchev–Trinajstić information content (AvgIpc) is 4.17. The number of carbonyl (C=O) groups is 4. The van der Waals surface area contributed by atoms with E-state index in [0.29, 0.717) is 30.2 Å². The van der Waals surface area contributed by atoms with E-state index in [1.165, 1.54) is 14.2 Å². The first-order chi connectivity index (χ1) is 30.5. The summed E-state index contributed by atoms with van der Waals surface area (Å²) in [7, 11) is 4.13. The van der Waals surface area contributed by atoms with E-state index < -0.39 is 24.3 Å². The Morgan fingerprint density at radius 2 is 1.14 bits per heavy atom. The minimum atomic E-state index is -0.941. The molecule has 6 aromatic rings. The number of methoxy groups -OCH3 is 3. The smallest absolute Gasteiger partial charge is 0.407 e. The van der Waals surface area contributed by atoms with Crippen molar-refractivity contribution in [1.82, 2.24) is 40.4 Å². The van der Waals surface area contributed by atoms with Crippen LogP contribution in [-0.4, -0.2) is 94.2 Å². The Morgan fingerprint density at radius 1 is 0.635 bits per heavy atom. The number of benzene rings is 4. The van der Waals surface area contributed by atoms with Gasteiger partial charge >= 0.3 is 12.2 Å². The molecular weight excluding hydrogens is 801 g/mol. The van der Waals surface area contributed by atoms with E-state index in [2.05, 4.69) is 81.3 Å². The summed E-state index contributed by atoms with van der Waals surface area (Å²) in [4.78, 5) is 71.9. The Hall–Kier alpha value is -7.16. The summed E-state index contributed by atoms with van der Waals surface area (Å²) in [6.45, 7) is 4.92. The van der Waals surface area contributed by atoms with E-state index >= 15 is 0 Å². The number of imidazole rings is 2. The van der Waals surface area contributed by atoms with Gasteiger partial charge in [-0.2, -0.15) is 0 Å². The molecule has 1 unspecified atom stereocenters. The van der Waals surface area contributed by atoms with Crippen LogP contribution in [0.5, 0.6) is 5.75 Å². The van der Waals surface area contributed by atoms with Crippen LogP contribution in [0.3, 0.4) is 0 Å². The zero-order valence-corrected chi connectivity index (χ0v) is 36.0. The Bertz CT molecular complexity index is 2600. The number of aromatic nitrogens is 4. The molecule has 4 heterocycles. The SMILES string of the molecule is COC(=O)NC(C(=O)N1CCC[C@H]1c1ncc(-c2ccc3cc(-c4ccc(-c5cnc([C@@H]6CCCN6C(=O)[C@H](NC(=O)OC)c6ccc(OC)cc6)[nH]5)cc4)ccc3c2)[nH]1)C(C)C. The molecule has 2 fully saturated rings. The highest BCUT2D eigenvalue weighted by Crippen LogP contribution is 2.36. The van der Waals surface area contributed by atoms with Crippen molar-refractivity contribution in [2.45, 2.75) is 63.7 Å². The third-order valence-electron chi connectivity index (χ3n) is 12.1. The number of nitrogens with one attached hydrogen (secondary N) is 4. The van der Waals surface area contributed by atoms with E-state index in [0.717, 1.165) is 75.9 Å². The van der Waals surface area contributed by atoms with Crippen molar-refractivity contribution in [3.8, 4) is 39.4 Å². The van der Waals surface area contributed by atoms with Crippen LogP contribution in [-0.2, 0) is 19.1 Å². The molecular formula is C48H52N8O7. The van der Waals surface area contributed by atoms with Gasteiger partial charge < -0.3 is 44.6 Å². The molecule has 2 aliphatic heterocycles. The predicted molar refractivity (Wildman–Crippen MR) is 237 cm³/mol. The molecule has 4 atom stereocenters. The largest absolute Gasteiger partial charge is 0.497 e. The van der Waals surface area contributed by atoms with Crippen molar-refractivity contribution in [2.75, 3.05) is 34.4 Å². The van der Waals surface area contributed by atoms with Crippen molar-refractivity contribution >= 4 is 34.8 Å². The summed E-state index contributed by atoms with van der Waals surface area (Å²) >= 11 is 0. The number of alkyl carbamates (subject to hydrolysis) is 2. The van der Waals surface area contributed by atoms with E-state index in [-0.39, 0.29) is 29.8 Å². The molecule has 326 valence electrons. The van der Waals surface area contributed by atoms with Gasteiger partial charge in [0.2, 0.25) is 5.91 Å². The van der Waals surface area contributed by atoms with Crippen LogP contribution in [0.1, 0.15) is 74.9 Å². The number of nitrogens with zero attached hydrogens (tertiary/aromatic N) is 4. The Balaban J connectivity index is 0.941. The minimum absolute atomic E-state index is 0.111. The zero-order valence-electron chi connectivity index (χ0n) is 36.0. The molecule has 15 heteroatoms. The molecule has 0 spiro atoms. The van der Waals surface area contributed by atoms with Gasteiger partial charge in [-0.3, -0.25) is 9.59 Å². The molecule has 0 saturated carbocycles. The van der Waals surface area contributed by atoms with Crippen LogP contribution in [0.2, 0.25) is 0 Å². The van der Waals surface area contributed by atoms with E-state index in [9.17, 15) is 19.2 Å². The second-order valence-corrected chi connectivity index (χ2v) is 16.3. The number of fused-ring (bicyclic) bond motifs is 1. The van der Waals surface area contributed by atoms with Crippen molar-refractivity contribution in [3.63, 3.8) is 0 Å². The lowest BCUT2D eigenvalue weighted by Crippen LogP contribution is -2.51. The minimum Gasteiger partial charge on any atom is -0.497 e. The number of aromatic amines is 2. The number of carbonyl (C=O) groups excluding carboxylic acids is 4. The summed E-state index contributed by atoms with van der Waals surface area (Å²) in [5, 5.41) is 7.59. The van der Waals surface area contributed by atoms with Crippen LogP contribution in [0.15, 0.2) is 97.3 Å². The van der Waals surface area contributed by atoms with Gasteiger partial charge in [0.05, 0.1) is 57.2 Å². The predicted octanol–water partition coefficient (Wildman–Crippen LogP) is 8.10. The van der Waals surface area contributed by atoms with Crippen molar-refractivity contribution in [3.05, 3.63) is 115 Å². The lowest BCUT2D eigenvalue weighted by Gasteiger charge is -2.30. The van der Waals surface area contributed by atoms with Gasteiger partial charge in [0.25, 0.3) is 5.91 Å².